The van der Waals surface area contributed by atoms with Crippen LogP contribution in [-0.4, -0.2) is 32.2 Å². The van der Waals surface area contributed by atoms with E-state index in [1.165, 1.54) is 22.8 Å². The number of benzene rings is 2. The minimum Gasteiger partial charge on any atom is -0.486 e. The third-order valence-corrected chi connectivity index (χ3v) is 5.82. The van der Waals surface area contributed by atoms with Gasteiger partial charge in [0.2, 0.25) is 5.95 Å². The lowest BCUT2D eigenvalue weighted by Crippen LogP contribution is -2.49. The molecule has 2 heterocycles. The molecule has 0 radical (unpaired) electrons. The Balaban J connectivity index is 1.77. The first-order valence-electron chi connectivity index (χ1n) is 10.7. The minimum atomic E-state index is -3.83. The van der Waals surface area contributed by atoms with E-state index in [-0.39, 0.29) is 22.7 Å². The summed E-state index contributed by atoms with van der Waals surface area (Å²) in [6, 6.07) is 8.35. The molecule has 12 heteroatoms. The van der Waals surface area contributed by atoms with Gasteiger partial charge in [0.1, 0.15) is 12.4 Å². The Morgan fingerprint density at radius 1 is 1.08 bits per heavy atom. The van der Waals surface area contributed by atoms with Gasteiger partial charge in [-0.2, -0.15) is 4.98 Å². The van der Waals surface area contributed by atoms with Crippen LogP contribution in [0, 0.1) is 11.6 Å². The zero-order valence-electron chi connectivity index (χ0n) is 18.7. The number of nitrogen functional groups attached to an aromatic ring is 1. The highest BCUT2D eigenvalue weighted by Crippen LogP contribution is 2.43. The van der Waals surface area contributed by atoms with Gasteiger partial charge in [0.25, 0.3) is 12.3 Å². The third kappa shape index (κ3) is 4.43. The first kappa shape index (κ1) is 25.3. The molecule has 190 valence electrons. The number of ether oxygens (including phenoxy) is 1. The number of fused-ring (bicyclic) bond motifs is 1. The summed E-state index contributed by atoms with van der Waals surface area (Å²) in [5.74, 6) is -6.88. The molecule has 1 unspecified atom stereocenters. The van der Waals surface area contributed by atoms with Crippen molar-refractivity contribution in [1.82, 2.24) is 14.6 Å². The number of hydrogen-bond donors (Lipinski definition) is 2. The Kier molecular flexibility index (Phi) is 6.56. The Morgan fingerprint density at radius 2 is 1.78 bits per heavy atom. The van der Waals surface area contributed by atoms with E-state index < -0.39 is 59.5 Å². The van der Waals surface area contributed by atoms with Crippen molar-refractivity contribution in [2.75, 3.05) is 12.3 Å². The molecule has 6 nitrogen and oxygen atoms in total. The van der Waals surface area contributed by atoms with E-state index >= 15 is 4.39 Å². The fourth-order valence-electron chi connectivity index (χ4n) is 3.77. The van der Waals surface area contributed by atoms with Crippen molar-refractivity contribution in [3.8, 4) is 16.9 Å². The zero-order chi connectivity index (χ0) is 26.3. The lowest BCUT2D eigenvalue weighted by molar-refractivity contribution is -0.203. The van der Waals surface area contributed by atoms with Crippen LogP contribution in [0.3, 0.4) is 0 Å². The maximum Gasteiger partial charge on any atom is 0.283 e. The first-order chi connectivity index (χ1) is 17.0. The Bertz CT molecular complexity index is 1390. The van der Waals surface area contributed by atoms with E-state index in [0.717, 1.165) is 43.3 Å². The smallest absolute Gasteiger partial charge is 0.283 e. The van der Waals surface area contributed by atoms with Crippen LogP contribution in [-0.2, 0) is 5.60 Å². The second kappa shape index (κ2) is 9.34. The molecule has 3 N–H and O–H groups in total. The number of aromatic nitrogens is 3. The lowest BCUT2D eigenvalue weighted by Gasteiger charge is -2.35. The van der Waals surface area contributed by atoms with E-state index in [1.807, 2.05) is 0 Å². The maximum atomic E-state index is 15.5. The van der Waals surface area contributed by atoms with Crippen LogP contribution in [0.2, 0.25) is 0 Å². The van der Waals surface area contributed by atoms with E-state index in [2.05, 4.69) is 10.1 Å². The summed E-state index contributed by atoms with van der Waals surface area (Å²) in [7, 11) is 0. The van der Waals surface area contributed by atoms with Crippen molar-refractivity contribution >= 4 is 11.6 Å². The van der Waals surface area contributed by atoms with Gasteiger partial charge in [-0.15, -0.1) is 5.10 Å². The molecular formula is C24H20F6N4O2. The molecule has 0 spiro atoms. The summed E-state index contributed by atoms with van der Waals surface area (Å²) in [5, 5.41) is 14.8. The second-order valence-electron chi connectivity index (χ2n) is 8.05. The summed E-state index contributed by atoms with van der Waals surface area (Å²) in [6.07, 6.45) is -2.66. The van der Waals surface area contributed by atoms with Gasteiger partial charge in [0, 0.05) is 18.2 Å². The molecule has 0 saturated carbocycles. The van der Waals surface area contributed by atoms with Crippen molar-refractivity contribution in [1.29, 1.82) is 0 Å². The van der Waals surface area contributed by atoms with Gasteiger partial charge in [0.15, 0.2) is 22.8 Å². The average Bonchev–Trinajstić information content (AvgIpc) is 3.22. The number of anilines is 1. The fraction of sp³-hybridized carbons (Fsp3) is 0.250. The number of hydrogen-bond acceptors (Lipinski definition) is 5. The van der Waals surface area contributed by atoms with Gasteiger partial charge in [-0.1, -0.05) is 25.1 Å². The molecule has 0 fully saturated rings. The minimum absolute atomic E-state index is 0.0402. The average molecular weight is 510 g/mol. The topological polar surface area (TPSA) is 85.7 Å². The largest absolute Gasteiger partial charge is 0.486 e. The molecule has 36 heavy (non-hydrogen) atoms. The highest BCUT2D eigenvalue weighted by molar-refractivity contribution is 5.70. The monoisotopic (exact) mass is 510 g/mol. The molecule has 0 bridgehead atoms. The summed E-state index contributed by atoms with van der Waals surface area (Å²) in [5.41, 5.74) is 1.40. The standard InChI is InChI=1S/C24H20F6N4O2/c1-2-24(29,30)23(35,14-3-5-15(25)6-4-14)12-36-20-17(21(27)28)8-7-16(19(20)26)13-9-10-34-18(11-13)32-22(31)33-34/h3-11,21,35H,2,12H2,1H3,(H2,31,33). The third-order valence-electron chi connectivity index (χ3n) is 5.82. The molecule has 0 aliphatic rings. The van der Waals surface area contributed by atoms with Gasteiger partial charge < -0.3 is 15.6 Å². The first-order valence-corrected chi connectivity index (χ1v) is 10.7. The summed E-state index contributed by atoms with van der Waals surface area (Å²) >= 11 is 0. The number of nitrogens with zero attached hydrogens (tertiary/aromatic N) is 3. The van der Waals surface area contributed by atoms with Crippen LogP contribution >= 0.6 is 0 Å². The predicted octanol–water partition coefficient (Wildman–Crippen LogP) is 5.51. The second-order valence-corrected chi connectivity index (χ2v) is 8.05. The zero-order valence-corrected chi connectivity index (χ0v) is 18.7. The number of pyridine rings is 1. The number of aliphatic hydroxyl groups is 1. The van der Waals surface area contributed by atoms with E-state index in [0.29, 0.717) is 0 Å². The molecule has 0 saturated heterocycles. The number of nitrogens with two attached hydrogens (primary N) is 1. The van der Waals surface area contributed by atoms with Crippen LogP contribution in [0.5, 0.6) is 5.75 Å². The van der Waals surface area contributed by atoms with Crippen LogP contribution in [0.1, 0.15) is 30.9 Å². The van der Waals surface area contributed by atoms with Crippen molar-refractivity contribution in [3.63, 3.8) is 0 Å². The predicted molar refractivity (Wildman–Crippen MR) is 119 cm³/mol. The van der Waals surface area contributed by atoms with E-state index in [1.54, 1.807) is 0 Å². The molecule has 2 aromatic heterocycles. The Morgan fingerprint density at radius 3 is 2.42 bits per heavy atom. The molecule has 0 amide bonds. The SMILES string of the molecule is CCC(F)(F)C(O)(COc1c(C(F)F)ccc(-c2ccn3nc(N)nc3c2)c1F)c1ccc(F)cc1. The van der Waals surface area contributed by atoms with Crippen LogP contribution in [0.25, 0.3) is 16.8 Å². The van der Waals surface area contributed by atoms with Gasteiger partial charge in [-0.05, 0) is 41.5 Å². The highest BCUT2D eigenvalue weighted by atomic mass is 19.3. The van der Waals surface area contributed by atoms with Crippen molar-refractivity contribution in [2.24, 2.45) is 0 Å². The number of halogens is 6. The summed E-state index contributed by atoms with van der Waals surface area (Å²) in [6.45, 7) is -0.201. The highest BCUT2D eigenvalue weighted by Gasteiger charge is 2.53. The van der Waals surface area contributed by atoms with Gasteiger partial charge in [-0.25, -0.2) is 30.9 Å². The molecule has 4 aromatic rings. The number of rotatable bonds is 8. The van der Waals surface area contributed by atoms with Crippen molar-refractivity contribution < 1.29 is 36.2 Å². The normalized spacial score (nSPS) is 13.8. The maximum absolute atomic E-state index is 15.5. The lowest BCUT2D eigenvalue weighted by atomic mass is 9.86. The molecule has 1 atom stereocenters. The van der Waals surface area contributed by atoms with Crippen molar-refractivity contribution in [3.05, 3.63) is 77.5 Å². The van der Waals surface area contributed by atoms with Gasteiger partial charge in [-0.3, -0.25) is 0 Å². The quantitative estimate of drug-likeness (QED) is 0.306. The molecule has 2 aromatic carbocycles. The number of alkyl halides is 4. The van der Waals surface area contributed by atoms with Gasteiger partial charge in [0.05, 0.1) is 5.56 Å². The van der Waals surface area contributed by atoms with Gasteiger partial charge >= 0.3 is 0 Å². The Hall–Kier alpha value is -3.80. The van der Waals surface area contributed by atoms with Crippen molar-refractivity contribution in [2.45, 2.75) is 31.3 Å². The van der Waals surface area contributed by atoms with Crippen LogP contribution in [0.4, 0.5) is 32.3 Å². The molecular weight excluding hydrogens is 490 g/mol. The van der Waals surface area contributed by atoms with E-state index in [9.17, 15) is 27.1 Å². The summed E-state index contributed by atoms with van der Waals surface area (Å²) < 4.78 is 92.5. The summed E-state index contributed by atoms with van der Waals surface area (Å²) in [4.78, 5) is 3.95. The molecule has 4 rings (SSSR count). The van der Waals surface area contributed by atoms with Crippen LogP contribution in [0.15, 0.2) is 54.7 Å². The molecule has 0 aliphatic carbocycles. The molecule has 0 aliphatic heterocycles. The van der Waals surface area contributed by atoms with Crippen LogP contribution < -0.4 is 10.5 Å². The Labute approximate surface area is 201 Å². The van der Waals surface area contributed by atoms with E-state index in [4.69, 9.17) is 10.5 Å². The fourth-order valence-corrected chi connectivity index (χ4v) is 3.77.